The highest BCUT2D eigenvalue weighted by Gasteiger charge is 2.14. The standard InChI is InChI=1S/C19H18I2N2O4/c1-11(2)27-19-14(20)5-13(6-15(19)21)9-22-23-18(24)8-12-3-4-16-17(7-12)26-10-25-16/h3-7,9,11H,8,10H2,1-2H3,(H,23,24)/b22-9-. The zero-order chi connectivity index (χ0) is 19.4. The monoisotopic (exact) mass is 592 g/mol. The number of fused-ring (bicyclic) bond motifs is 1. The Kier molecular flexibility index (Phi) is 6.79. The molecule has 1 amide bonds. The van der Waals surface area contributed by atoms with E-state index >= 15 is 0 Å². The predicted molar refractivity (Wildman–Crippen MR) is 120 cm³/mol. The van der Waals surface area contributed by atoms with E-state index < -0.39 is 0 Å². The topological polar surface area (TPSA) is 69.2 Å². The third-order valence-corrected chi connectivity index (χ3v) is 5.18. The molecule has 0 saturated carbocycles. The van der Waals surface area contributed by atoms with Crippen molar-refractivity contribution in [3.8, 4) is 17.2 Å². The fourth-order valence-electron chi connectivity index (χ4n) is 2.46. The van der Waals surface area contributed by atoms with Crippen molar-refractivity contribution in [3.05, 3.63) is 48.6 Å². The first kappa shape index (κ1) is 20.2. The van der Waals surface area contributed by atoms with Gasteiger partial charge in [-0.2, -0.15) is 5.10 Å². The van der Waals surface area contributed by atoms with Gasteiger partial charge in [-0.05, 0) is 94.4 Å². The number of hydrazone groups is 1. The zero-order valence-corrected chi connectivity index (χ0v) is 19.1. The summed E-state index contributed by atoms with van der Waals surface area (Å²) in [5.74, 6) is 2.03. The minimum atomic E-state index is -0.200. The zero-order valence-electron chi connectivity index (χ0n) is 14.8. The molecule has 1 aliphatic heterocycles. The average Bonchev–Trinajstić information content (AvgIpc) is 3.05. The second-order valence-corrected chi connectivity index (χ2v) is 8.46. The molecule has 0 fully saturated rings. The van der Waals surface area contributed by atoms with Crippen LogP contribution in [-0.4, -0.2) is 25.0 Å². The smallest absolute Gasteiger partial charge is 0.244 e. The van der Waals surface area contributed by atoms with Crippen molar-refractivity contribution in [2.24, 2.45) is 5.10 Å². The van der Waals surface area contributed by atoms with Crippen LogP contribution in [0.4, 0.5) is 0 Å². The van der Waals surface area contributed by atoms with Crippen molar-refractivity contribution in [1.29, 1.82) is 0 Å². The molecule has 0 unspecified atom stereocenters. The molecule has 0 aromatic heterocycles. The van der Waals surface area contributed by atoms with Crippen molar-refractivity contribution in [3.63, 3.8) is 0 Å². The maximum atomic E-state index is 12.1. The molecular formula is C19H18I2N2O4. The summed E-state index contributed by atoms with van der Waals surface area (Å²) in [6.07, 6.45) is 1.95. The second-order valence-electron chi connectivity index (χ2n) is 6.14. The molecule has 0 spiro atoms. The van der Waals surface area contributed by atoms with Gasteiger partial charge in [0.05, 0.1) is 25.9 Å². The molecule has 0 aliphatic carbocycles. The van der Waals surface area contributed by atoms with E-state index in [1.807, 2.05) is 38.1 Å². The predicted octanol–water partition coefficient (Wildman–Crippen LogP) is 4.10. The minimum absolute atomic E-state index is 0.113. The number of nitrogens with one attached hydrogen (secondary N) is 1. The van der Waals surface area contributed by atoms with E-state index in [0.29, 0.717) is 11.5 Å². The highest BCUT2D eigenvalue weighted by Crippen LogP contribution is 2.32. The molecule has 27 heavy (non-hydrogen) atoms. The number of carbonyl (C=O) groups excluding carboxylic acids is 1. The molecule has 142 valence electrons. The molecule has 1 heterocycles. The SMILES string of the molecule is CC(C)Oc1c(I)cc(/C=N\NC(=O)Cc2ccc3c(c2)OCO3)cc1I. The minimum Gasteiger partial charge on any atom is -0.489 e. The van der Waals surface area contributed by atoms with Gasteiger partial charge in [-0.3, -0.25) is 4.79 Å². The van der Waals surface area contributed by atoms with Crippen molar-refractivity contribution in [2.45, 2.75) is 26.4 Å². The first-order chi connectivity index (χ1) is 12.9. The van der Waals surface area contributed by atoms with Gasteiger partial charge in [0.15, 0.2) is 11.5 Å². The van der Waals surface area contributed by atoms with Crippen molar-refractivity contribution < 1.29 is 19.0 Å². The summed E-state index contributed by atoms with van der Waals surface area (Å²) in [5, 5.41) is 4.06. The van der Waals surface area contributed by atoms with Gasteiger partial charge in [0.25, 0.3) is 0 Å². The molecule has 6 nitrogen and oxygen atoms in total. The van der Waals surface area contributed by atoms with E-state index in [4.69, 9.17) is 14.2 Å². The van der Waals surface area contributed by atoms with Crippen LogP contribution in [0.25, 0.3) is 0 Å². The molecule has 0 atom stereocenters. The first-order valence-corrected chi connectivity index (χ1v) is 10.4. The fourth-order valence-corrected chi connectivity index (χ4v) is 4.53. The van der Waals surface area contributed by atoms with Crippen LogP contribution in [0.15, 0.2) is 35.4 Å². The average molecular weight is 592 g/mol. The van der Waals surface area contributed by atoms with Crippen molar-refractivity contribution in [2.75, 3.05) is 6.79 Å². The van der Waals surface area contributed by atoms with Gasteiger partial charge in [-0.25, -0.2) is 5.43 Å². The number of halogens is 2. The van der Waals surface area contributed by atoms with Crippen LogP contribution in [0.3, 0.4) is 0 Å². The first-order valence-electron chi connectivity index (χ1n) is 8.28. The van der Waals surface area contributed by atoms with Crippen LogP contribution in [0.2, 0.25) is 0 Å². The molecule has 1 N–H and O–H groups in total. The van der Waals surface area contributed by atoms with Crippen LogP contribution < -0.4 is 19.6 Å². The number of ether oxygens (including phenoxy) is 3. The quantitative estimate of drug-likeness (QED) is 0.312. The lowest BCUT2D eigenvalue weighted by Crippen LogP contribution is -2.19. The van der Waals surface area contributed by atoms with Crippen molar-refractivity contribution in [1.82, 2.24) is 5.43 Å². The van der Waals surface area contributed by atoms with Crippen LogP contribution >= 0.6 is 45.2 Å². The summed E-state index contributed by atoms with van der Waals surface area (Å²) in [6, 6.07) is 9.39. The molecule has 0 bridgehead atoms. The number of amides is 1. The number of benzene rings is 2. The Bertz CT molecular complexity index is 861. The van der Waals surface area contributed by atoms with Crippen LogP contribution in [0.1, 0.15) is 25.0 Å². The molecule has 2 aromatic carbocycles. The summed E-state index contributed by atoms with van der Waals surface area (Å²) >= 11 is 4.48. The third-order valence-electron chi connectivity index (χ3n) is 3.58. The molecule has 8 heteroatoms. The number of hydrogen-bond acceptors (Lipinski definition) is 5. The van der Waals surface area contributed by atoms with Gasteiger partial charge in [0.1, 0.15) is 5.75 Å². The van der Waals surface area contributed by atoms with Gasteiger partial charge < -0.3 is 14.2 Å². The highest BCUT2D eigenvalue weighted by atomic mass is 127. The van der Waals surface area contributed by atoms with Crippen LogP contribution in [0, 0.1) is 7.14 Å². The normalized spacial score (nSPS) is 12.6. The van der Waals surface area contributed by atoms with Crippen molar-refractivity contribution >= 4 is 57.3 Å². The largest absolute Gasteiger partial charge is 0.489 e. The van der Waals surface area contributed by atoms with Crippen LogP contribution in [-0.2, 0) is 11.2 Å². The van der Waals surface area contributed by atoms with E-state index in [0.717, 1.165) is 24.0 Å². The summed E-state index contributed by atoms with van der Waals surface area (Å²) in [4.78, 5) is 12.1. The Labute approximate surface area is 184 Å². The van der Waals surface area contributed by atoms with Gasteiger partial charge in [-0.15, -0.1) is 0 Å². The van der Waals surface area contributed by atoms with E-state index in [1.54, 1.807) is 12.3 Å². The van der Waals surface area contributed by atoms with Gasteiger partial charge in [0.2, 0.25) is 12.7 Å². The lowest BCUT2D eigenvalue weighted by molar-refractivity contribution is -0.120. The Hall–Kier alpha value is -1.56. The molecule has 3 rings (SSSR count). The summed E-state index contributed by atoms with van der Waals surface area (Å²) in [5.41, 5.74) is 4.29. The summed E-state index contributed by atoms with van der Waals surface area (Å²) in [7, 11) is 0. The third kappa shape index (κ3) is 5.47. The molecule has 1 aliphatic rings. The molecular weight excluding hydrogens is 574 g/mol. The highest BCUT2D eigenvalue weighted by molar-refractivity contribution is 14.1. The maximum Gasteiger partial charge on any atom is 0.244 e. The molecule has 2 aromatic rings. The van der Waals surface area contributed by atoms with E-state index in [9.17, 15) is 4.79 Å². The van der Waals surface area contributed by atoms with Gasteiger partial charge in [0, 0.05) is 0 Å². The van der Waals surface area contributed by atoms with Crippen LogP contribution in [0.5, 0.6) is 17.2 Å². The molecule has 0 saturated heterocycles. The molecule has 0 radical (unpaired) electrons. The van der Waals surface area contributed by atoms with E-state index in [-0.39, 0.29) is 25.2 Å². The van der Waals surface area contributed by atoms with Gasteiger partial charge in [-0.1, -0.05) is 6.07 Å². The lowest BCUT2D eigenvalue weighted by atomic mass is 10.1. The Morgan fingerprint density at radius 2 is 1.93 bits per heavy atom. The maximum absolute atomic E-state index is 12.1. The summed E-state index contributed by atoms with van der Waals surface area (Å²) < 4.78 is 18.4. The second kappa shape index (κ2) is 9.09. The van der Waals surface area contributed by atoms with E-state index in [2.05, 4.69) is 55.7 Å². The van der Waals surface area contributed by atoms with E-state index in [1.165, 1.54) is 0 Å². The lowest BCUT2D eigenvalue weighted by Gasteiger charge is -2.14. The Morgan fingerprint density at radius 3 is 2.63 bits per heavy atom. The Balaban J connectivity index is 1.59. The number of nitrogens with zero attached hydrogens (tertiary/aromatic N) is 1. The van der Waals surface area contributed by atoms with Gasteiger partial charge >= 0.3 is 0 Å². The number of rotatable bonds is 6. The number of hydrogen-bond donors (Lipinski definition) is 1. The number of carbonyl (C=O) groups is 1. The summed E-state index contributed by atoms with van der Waals surface area (Å²) in [6.45, 7) is 4.21. The fraction of sp³-hybridized carbons (Fsp3) is 0.263. The Morgan fingerprint density at radius 1 is 1.22 bits per heavy atom.